The maximum atomic E-state index is 11.6. The van der Waals surface area contributed by atoms with Gasteiger partial charge in [0.1, 0.15) is 0 Å². The van der Waals surface area contributed by atoms with Crippen LogP contribution in [0, 0.1) is 0 Å². The first kappa shape index (κ1) is 15.1. The van der Waals surface area contributed by atoms with Crippen LogP contribution in [0.4, 0.5) is 0 Å². The second-order valence-corrected chi connectivity index (χ2v) is 4.82. The third-order valence-corrected chi connectivity index (χ3v) is 3.00. The highest BCUT2D eigenvalue weighted by molar-refractivity contribution is 7.09. The van der Waals surface area contributed by atoms with Crippen molar-refractivity contribution < 1.29 is 24.6 Å². The highest BCUT2D eigenvalue weighted by Crippen LogP contribution is 2.07. The lowest BCUT2D eigenvalue weighted by molar-refractivity contribution is -0.142. The molecule has 0 aliphatic heterocycles. The normalized spacial score (nSPS) is 10.4. The molecule has 19 heavy (non-hydrogen) atoms. The number of nitrogens with zero attached hydrogens (tertiary/aromatic N) is 1. The molecule has 0 unspecified atom stereocenters. The van der Waals surface area contributed by atoms with Crippen molar-refractivity contribution in [2.24, 2.45) is 0 Å². The number of hydrogen-bond acceptors (Lipinski definition) is 5. The van der Waals surface area contributed by atoms with Crippen LogP contribution in [-0.2, 0) is 20.9 Å². The van der Waals surface area contributed by atoms with Gasteiger partial charge in [-0.2, -0.15) is 0 Å². The summed E-state index contributed by atoms with van der Waals surface area (Å²) in [6.07, 6.45) is 0. The number of carbonyl (C=O) groups excluding carboxylic acids is 1. The van der Waals surface area contributed by atoms with Gasteiger partial charge in [-0.1, -0.05) is 6.07 Å². The summed E-state index contributed by atoms with van der Waals surface area (Å²) in [6.45, 7) is -0.883. The molecular formula is C11H14N2O5S. The molecule has 0 saturated carbocycles. The Labute approximate surface area is 113 Å². The Morgan fingerprint density at radius 2 is 1.79 bits per heavy atom. The highest BCUT2D eigenvalue weighted by Gasteiger charge is 2.16. The van der Waals surface area contributed by atoms with Gasteiger partial charge in [0.15, 0.2) is 0 Å². The molecule has 0 fully saturated rings. The van der Waals surface area contributed by atoms with Gasteiger partial charge >= 0.3 is 11.9 Å². The van der Waals surface area contributed by atoms with E-state index in [9.17, 15) is 14.4 Å². The fourth-order valence-electron chi connectivity index (χ4n) is 1.41. The van der Waals surface area contributed by atoms with E-state index < -0.39 is 30.9 Å². The third kappa shape index (κ3) is 6.53. The number of aliphatic carboxylic acids is 2. The number of nitrogens with one attached hydrogen (secondary N) is 1. The minimum Gasteiger partial charge on any atom is -0.480 e. The molecule has 7 nitrogen and oxygen atoms in total. The largest absolute Gasteiger partial charge is 0.480 e. The van der Waals surface area contributed by atoms with E-state index in [0.29, 0.717) is 6.54 Å². The molecule has 104 valence electrons. The van der Waals surface area contributed by atoms with Gasteiger partial charge in [-0.15, -0.1) is 11.3 Å². The number of hydrogen-bond donors (Lipinski definition) is 3. The lowest BCUT2D eigenvalue weighted by Crippen LogP contribution is -2.42. The molecule has 0 aliphatic carbocycles. The number of amides is 1. The Hall–Kier alpha value is -1.93. The van der Waals surface area contributed by atoms with Crippen molar-refractivity contribution in [1.82, 2.24) is 10.2 Å². The van der Waals surface area contributed by atoms with Crippen molar-refractivity contribution in [2.45, 2.75) is 6.54 Å². The van der Waals surface area contributed by atoms with Crippen LogP contribution in [0.1, 0.15) is 4.88 Å². The number of carboxylic acids is 2. The first-order chi connectivity index (χ1) is 8.97. The molecule has 0 aromatic carbocycles. The SMILES string of the molecule is O=C(O)CN(CC(=O)O)CC(=O)NCc1cccs1. The van der Waals surface area contributed by atoms with Gasteiger partial charge < -0.3 is 15.5 Å². The Bertz CT molecular complexity index is 430. The molecule has 0 bridgehead atoms. The second kappa shape index (κ2) is 7.49. The number of carbonyl (C=O) groups is 3. The summed E-state index contributed by atoms with van der Waals surface area (Å²) in [7, 11) is 0. The summed E-state index contributed by atoms with van der Waals surface area (Å²) in [5, 5.41) is 21.7. The van der Waals surface area contributed by atoms with Crippen LogP contribution in [0.25, 0.3) is 0 Å². The van der Waals surface area contributed by atoms with E-state index in [4.69, 9.17) is 10.2 Å². The smallest absolute Gasteiger partial charge is 0.317 e. The molecule has 3 N–H and O–H groups in total. The fourth-order valence-corrected chi connectivity index (χ4v) is 2.05. The maximum absolute atomic E-state index is 11.6. The Balaban J connectivity index is 2.41. The van der Waals surface area contributed by atoms with Crippen LogP contribution >= 0.6 is 11.3 Å². The van der Waals surface area contributed by atoms with E-state index >= 15 is 0 Å². The standard InChI is InChI=1S/C11H14N2O5S/c14-9(12-4-8-2-1-3-19-8)5-13(6-10(15)16)7-11(17)18/h1-3H,4-7H2,(H,12,14)(H,15,16)(H,17,18). The summed E-state index contributed by atoms with van der Waals surface area (Å²) < 4.78 is 0. The average Bonchev–Trinajstić information content (AvgIpc) is 2.77. The van der Waals surface area contributed by atoms with Gasteiger partial charge in [0.25, 0.3) is 0 Å². The second-order valence-electron chi connectivity index (χ2n) is 3.79. The molecule has 1 amide bonds. The number of thiophene rings is 1. The zero-order valence-electron chi connectivity index (χ0n) is 10.0. The van der Waals surface area contributed by atoms with E-state index in [1.807, 2.05) is 17.5 Å². The predicted molar refractivity (Wildman–Crippen MR) is 67.9 cm³/mol. The van der Waals surface area contributed by atoms with Gasteiger partial charge in [0.05, 0.1) is 26.2 Å². The summed E-state index contributed by atoms with van der Waals surface area (Å²) in [5.41, 5.74) is 0. The summed E-state index contributed by atoms with van der Waals surface area (Å²) in [6, 6.07) is 3.71. The summed E-state index contributed by atoms with van der Waals surface area (Å²) in [4.78, 5) is 34.7. The predicted octanol–water partition coefficient (Wildman–Crippen LogP) is -0.164. The van der Waals surface area contributed by atoms with Gasteiger partial charge in [-0.05, 0) is 11.4 Å². The van der Waals surface area contributed by atoms with Crippen LogP contribution in [0.15, 0.2) is 17.5 Å². The third-order valence-electron chi connectivity index (χ3n) is 2.12. The van der Waals surface area contributed by atoms with Crippen molar-refractivity contribution in [3.05, 3.63) is 22.4 Å². The Kier molecular flexibility index (Phi) is 5.97. The first-order valence-corrected chi connectivity index (χ1v) is 6.30. The molecule has 0 radical (unpaired) electrons. The fraction of sp³-hybridized carbons (Fsp3) is 0.364. The number of carboxylic acid groups (broad SMARTS) is 2. The van der Waals surface area contributed by atoms with Crippen molar-refractivity contribution in [1.29, 1.82) is 0 Å². The van der Waals surface area contributed by atoms with Gasteiger partial charge in [-0.3, -0.25) is 19.3 Å². The first-order valence-electron chi connectivity index (χ1n) is 5.42. The molecule has 1 heterocycles. The maximum Gasteiger partial charge on any atom is 0.317 e. The molecule has 1 aromatic heterocycles. The number of rotatable bonds is 8. The van der Waals surface area contributed by atoms with Crippen molar-refractivity contribution in [2.75, 3.05) is 19.6 Å². The lowest BCUT2D eigenvalue weighted by Gasteiger charge is -2.17. The van der Waals surface area contributed by atoms with E-state index in [-0.39, 0.29) is 6.54 Å². The van der Waals surface area contributed by atoms with Crippen LogP contribution in [0.3, 0.4) is 0 Å². The molecular weight excluding hydrogens is 272 g/mol. The zero-order valence-corrected chi connectivity index (χ0v) is 10.9. The molecule has 1 rings (SSSR count). The molecule has 0 aliphatic rings. The summed E-state index contributed by atoms with van der Waals surface area (Å²) in [5.74, 6) is -2.75. The topological polar surface area (TPSA) is 107 Å². The van der Waals surface area contributed by atoms with E-state index in [0.717, 1.165) is 9.78 Å². The summed E-state index contributed by atoms with van der Waals surface area (Å²) >= 11 is 1.49. The van der Waals surface area contributed by atoms with Crippen LogP contribution < -0.4 is 5.32 Å². The van der Waals surface area contributed by atoms with Gasteiger partial charge in [-0.25, -0.2) is 0 Å². The van der Waals surface area contributed by atoms with E-state index in [1.165, 1.54) is 11.3 Å². The molecule has 0 atom stereocenters. The van der Waals surface area contributed by atoms with Crippen LogP contribution in [-0.4, -0.2) is 52.6 Å². The molecule has 8 heteroatoms. The average molecular weight is 286 g/mol. The van der Waals surface area contributed by atoms with Crippen LogP contribution in [0.5, 0.6) is 0 Å². The van der Waals surface area contributed by atoms with Crippen LogP contribution in [0.2, 0.25) is 0 Å². The quantitative estimate of drug-likeness (QED) is 0.613. The minimum absolute atomic E-state index is 0.260. The Morgan fingerprint density at radius 1 is 1.16 bits per heavy atom. The molecule has 0 spiro atoms. The van der Waals surface area contributed by atoms with E-state index in [1.54, 1.807) is 0 Å². The zero-order chi connectivity index (χ0) is 14.3. The lowest BCUT2D eigenvalue weighted by atomic mass is 10.4. The van der Waals surface area contributed by atoms with Crippen molar-refractivity contribution >= 4 is 29.2 Å². The van der Waals surface area contributed by atoms with Crippen molar-refractivity contribution in [3.63, 3.8) is 0 Å². The van der Waals surface area contributed by atoms with E-state index in [2.05, 4.69) is 5.32 Å². The molecule has 0 saturated heterocycles. The minimum atomic E-state index is -1.17. The highest BCUT2D eigenvalue weighted by atomic mass is 32.1. The van der Waals surface area contributed by atoms with Crippen molar-refractivity contribution in [3.8, 4) is 0 Å². The monoisotopic (exact) mass is 286 g/mol. The van der Waals surface area contributed by atoms with Gasteiger partial charge in [0, 0.05) is 4.88 Å². The van der Waals surface area contributed by atoms with Gasteiger partial charge in [0.2, 0.25) is 5.91 Å². The Morgan fingerprint density at radius 3 is 2.26 bits per heavy atom. The molecule has 1 aromatic rings.